The molecule has 0 spiro atoms. The van der Waals surface area contributed by atoms with E-state index in [4.69, 9.17) is 4.99 Å². The maximum Gasteiger partial charge on any atom is 0.269 e. The number of H-pyrrole nitrogens is 1. The van der Waals surface area contributed by atoms with Crippen molar-refractivity contribution in [1.29, 1.82) is 0 Å². The number of amides is 1. The number of carbonyl (C=O) groups is 1. The number of nitrogens with zero attached hydrogens (tertiary/aromatic N) is 3. The van der Waals surface area contributed by atoms with E-state index >= 15 is 0 Å². The molecule has 35 heavy (non-hydrogen) atoms. The zero-order valence-electron chi connectivity index (χ0n) is 18.9. The molecular weight excluding hydrogens is 438 g/mol. The van der Waals surface area contributed by atoms with Gasteiger partial charge in [0.1, 0.15) is 5.69 Å². The Morgan fingerprint density at radius 1 is 0.971 bits per heavy atom. The van der Waals surface area contributed by atoms with Crippen molar-refractivity contribution in [1.82, 2.24) is 19.9 Å². The quantitative estimate of drug-likeness (QED) is 0.421. The molecule has 1 unspecified atom stereocenters. The van der Waals surface area contributed by atoms with Crippen molar-refractivity contribution in [2.45, 2.75) is 13.1 Å². The molecule has 1 aliphatic heterocycles. The summed E-state index contributed by atoms with van der Waals surface area (Å²) in [5.74, 6) is 0.0122. The van der Waals surface area contributed by atoms with E-state index in [1.807, 2.05) is 78.9 Å². The van der Waals surface area contributed by atoms with Gasteiger partial charge >= 0.3 is 0 Å². The van der Waals surface area contributed by atoms with E-state index in [-0.39, 0.29) is 11.5 Å². The molecule has 1 aliphatic rings. The predicted octanol–water partition coefficient (Wildman–Crippen LogP) is 4.30. The van der Waals surface area contributed by atoms with Crippen LogP contribution in [0.1, 0.15) is 39.2 Å². The lowest BCUT2D eigenvalue weighted by molar-refractivity contribution is 0.0932. The molecule has 2 aromatic heterocycles. The molecule has 6 rings (SSSR count). The number of carbonyl (C=O) groups excluding carboxylic acids is 1. The molecule has 0 bridgehead atoms. The summed E-state index contributed by atoms with van der Waals surface area (Å²) < 4.78 is 1.56. The molecule has 0 aliphatic carbocycles. The number of rotatable bonds is 3. The molecule has 3 aromatic carbocycles. The molecule has 170 valence electrons. The lowest BCUT2D eigenvalue weighted by Crippen LogP contribution is -2.34. The maximum absolute atomic E-state index is 13.3. The van der Waals surface area contributed by atoms with Crippen molar-refractivity contribution < 1.29 is 4.79 Å². The largest absolute Gasteiger partial charge is 0.351 e. The lowest BCUT2D eigenvalue weighted by atomic mass is 10.0. The lowest BCUT2D eigenvalue weighted by Gasteiger charge is -2.17. The second kappa shape index (κ2) is 8.22. The third-order valence-electron chi connectivity index (χ3n) is 6.15. The molecule has 7 nitrogen and oxygen atoms in total. The van der Waals surface area contributed by atoms with Crippen LogP contribution < -0.4 is 10.9 Å². The van der Waals surface area contributed by atoms with Crippen LogP contribution in [0.4, 0.5) is 0 Å². The number of benzene rings is 3. The molecule has 0 saturated heterocycles. The molecule has 5 aromatic rings. The Bertz CT molecular complexity index is 1650. The van der Waals surface area contributed by atoms with E-state index in [0.29, 0.717) is 28.5 Å². The van der Waals surface area contributed by atoms with Gasteiger partial charge in [0, 0.05) is 33.8 Å². The van der Waals surface area contributed by atoms with Gasteiger partial charge in [-0.3, -0.25) is 19.1 Å². The molecule has 0 radical (unpaired) electrons. The number of fused-ring (bicyclic) bond motifs is 4. The Hall–Kier alpha value is -4.78. The van der Waals surface area contributed by atoms with Gasteiger partial charge in [-0.2, -0.15) is 0 Å². The van der Waals surface area contributed by atoms with E-state index in [1.54, 1.807) is 17.6 Å². The number of aromatic nitrogens is 3. The third kappa shape index (κ3) is 3.54. The monoisotopic (exact) mass is 459 g/mol. The SMILES string of the molecule is Cc1cnc2n(c1=O)-c1ccccc1C(c1ccccc1)=NC2NC(=O)c1cc2ccccc2[nH]1. The first-order valence-corrected chi connectivity index (χ1v) is 11.3. The van der Waals surface area contributed by atoms with Crippen LogP contribution in [0.2, 0.25) is 0 Å². The Morgan fingerprint density at radius 3 is 2.54 bits per heavy atom. The smallest absolute Gasteiger partial charge is 0.269 e. The maximum atomic E-state index is 13.3. The van der Waals surface area contributed by atoms with Crippen molar-refractivity contribution in [2.24, 2.45) is 4.99 Å². The van der Waals surface area contributed by atoms with Crippen LogP contribution in [0, 0.1) is 6.92 Å². The minimum atomic E-state index is -0.884. The second-order valence-corrected chi connectivity index (χ2v) is 8.45. The van der Waals surface area contributed by atoms with Crippen LogP contribution in [0.5, 0.6) is 0 Å². The Labute approximate surface area is 200 Å². The van der Waals surface area contributed by atoms with E-state index in [1.165, 1.54) is 6.20 Å². The molecule has 2 N–H and O–H groups in total. The Kier molecular flexibility index (Phi) is 4.88. The predicted molar refractivity (Wildman–Crippen MR) is 135 cm³/mol. The van der Waals surface area contributed by atoms with Crippen molar-refractivity contribution in [2.75, 3.05) is 0 Å². The normalized spacial score (nSPS) is 14.5. The summed E-state index contributed by atoms with van der Waals surface area (Å²) in [6.45, 7) is 1.73. The van der Waals surface area contributed by atoms with Crippen molar-refractivity contribution in [3.63, 3.8) is 0 Å². The van der Waals surface area contributed by atoms with E-state index in [9.17, 15) is 9.59 Å². The fourth-order valence-corrected chi connectivity index (χ4v) is 4.43. The number of aliphatic imine (C=N–C) groups is 1. The molecule has 1 atom stereocenters. The minimum absolute atomic E-state index is 0.197. The first-order chi connectivity index (χ1) is 17.1. The zero-order chi connectivity index (χ0) is 23.9. The number of aromatic amines is 1. The van der Waals surface area contributed by atoms with Crippen LogP contribution in [-0.2, 0) is 0 Å². The van der Waals surface area contributed by atoms with Crippen LogP contribution >= 0.6 is 0 Å². The Balaban J connectivity index is 1.54. The van der Waals surface area contributed by atoms with Gasteiger partial charge in [0.05, 0.1) is 11.4 Å². The average molecular weight is 460 g/mol. The standard InChI is InChI=1S/C28H21N5O2/c1-17-16-29-26-25(32-27(34)22-15-19-11-5-7-13-21(19)30-22)31-24(18-9-3-2-4-10-18)20-12-6-8-14-23(20)33(26)28(17)35/h2-16,25,30H,1H3,(H,32,34). The average Bonchev–Trinajstić information content (AvgIpc) is 3.28. The third-order valence-corrected chi connectivity index (χ3v) is 6.15. The fraction of sp³-hybridized carbons (Fsp3) is 0.0714. The van der Waals surface area contributed by atoms with Crippen LogP contribution in [0.15, 0.2) is 101 Å². The number of aryl methyl sites for hydroxylation is 1. The minimum Gasteiger partial charge on any atom is -0.351 e. The summed E-state index contributed by atoms with van der Waals surface area (Å²) in [4.78, 5) is 39.4. The summed E-state index contributed by atoms with van der Waals surface area (Å²) in [6, 6.07) is 26.8. The molecule has 0 saturated carbocycles. The van der Waals surface area contributed by atoms with E-state index in [2.05, 4.69) is 15.3 Å². The highest BCUT2D eigenvalue weighted by Crippen LogP contribution is 2.28. The number of nitrogens with one attached hydrogen (secondary N) is 2. The summed E-state index contributed by atoms with van der Waals surface area (Å²) >= 11 is 0. The topological polar surface area (TPSA) is 92.1 Å². The highest BCUT2D eigenvalue weighted by molar-refractivity contribution is 6.15. The summed E-state index contributed by atoms with van der Waals surface area (Å²) in [5, 5.41) is 3.93. The zero-order valence-corrected chi connectivity index (χ0v) is 18.9. The fourth-order valence-electron chi connectivity index (χ4n) is 4.43. The molecule has 1 amide bonds. The molecule has 0 fully saturated rings. The van der Waals surface area contributed by atoms with Gasteiger partial charge in [-0.05, 0) is 25.1 Å². The highest BCUT2D eigenvalue weighted by atomic mass is 16.2. The molecule has 3 heterocycles. The first kappa shape index (κ1) is 20.8. The van der Waals surface area contributed by atoms with Crippen LogP contribution in [0.3, 0.4) is 0 Å². The van der Waals surface area contributed by atoms with Crippen molar-refractivity contribution in [3.05, 3.63) is 130 Å². The second-order valence-electron chi connectivity index (χ2n) is 8.45. The van der Waals surface area contributed by atoms with Gasteiger partial charge in [-0.1, -0.05) is 66.7 Å². The number of hydrogen-bond acceptors (Lipinski definition) is 4. The van der Waals surface area contributed by atoms with Gasteiger partial charge in [-0.25, -0.2) is 4.98 Å². The Morgan fingerprint density at radius 2 is 1.71 bits per heavy atom. The summed E-state index contributed by atoms with van der Waals surface area (Å²) in [6.07, 6.45) is 0.645. The van der Waals surface area contributed by atoms with Crippen LogP contribution in [0.25, 0.3) is 16.6 Å². The van der Waals surface area contributed by atoms with Gasteiger partial charge in [0.15, 0.2) is 12.0 Å². The van der Waals surface area contributed by atoms with Gasteiger partial charge in [-0.15, -0.1) is 0 Å². The van der Waals surface area contributed by atoms with Gasteiger partial charge < -0.3 is 10.3 Å². The van der Waals surface area contributed by atoms with Gasteiger partial charge in [0.25, 0.3) is 11.5 Å². The van der Waals surface area contributed by atoms with E-state index < -0.39 is 6.17 Å². The summed E-state index contributed by atoms with van der Waals surface area (Å²) in [5.41, 5.74) is 4.60. The number of para-hydroxylation sites is 2. The highest BCUT2D eigenvalue weighted by Gasteiger charge is 2.28. The van der Waals surface area contributed by atoms with Gasteiger partial charge in [0.2, 0.25) is 0 Å². The first-order valence-electron chi connectivity index (χ1n) is 11.3. The van der Waals surface area contributed by atoms with Crippen molar-refractivity contribution >= 4 is 22.5 Å². The molecular formula is C28H21N5O2. The molecule has 7 heteroatoms. The number of hydrogen-bond donors (Lipinski definition) is 2. The van der Waals surface area contributed by atoms with Crippen LogP contribution in [-0.4, -0.2) is 26.2 Å². The summed E-state index contributed by atoms with van der Waals surface area (Å²) in [7, 11) is 0. The van der Waals surface area contributed by atoms with E-state index in [0.717, 1.165) is 22.0 Å². The van der Waals surface area contributed by atoms with Crippen molar-refractivity contribution in [3.8, 4) is 5.69 Å².